The highest BCUT2D eigenvalue weighted by Crippen LogP contribution is 2.15. The number of carbonyl (C=O) groups is 2. The van der Waals surface area contributed by atoms with Crippen LogP contribution in [0.4, 0.5) is 0 Å². The van der Waals surface area contributed by atoms with Gasteiger partial charge in [-0.25, -0.2) is 0 Å². The molecule has 0 aromatic carbocycles. The Balaban J connectivity index is 0.00000361. The number of hydrogen-bond acceptors (Lipinski definition) is 4. The van der Waals surface area contributed by atoms with Crippen LogP contribution >= 0.6 is 28.3 Å². The van der Waals surface area contributed by atoms with Gasteiger partial charge in [-0.2, -0.15) is 0 Å². The lowest BCUT2D eigenvalue weighted by Crippen LogP contribution is -2.42. The highest BCUT2D eigenvalue weighted by molar-refractivity contribution is 9.10. The Hall–Kier alpha value is -1.05. The van der Waals surface area contributed by atoms with Gasteiger partial charge in [0.25, 0.3) is 5.91 Å². The Morgan fingerprint density at radius 1 is 1.45 bits per heavy atom. The number of rotatable bonds is 6. The molecule has 0 aliphatic heterocycles. The lowest BCUT2D eigenvalue weighted by atomic mass is 10.3. The van der Waals surface area contributed by atoms with Crippen molar-refractivity contribution >= 4 is 40.2 Å². The van der Waals surface area contributed by atoms with E-state index in [2.05, 4.69) is 26.6 Å². The molecule has 1 aromatic rings. The molecule has 1 unspecified atom stereocenters. The van der Waals surface area contributed by atoms with E-state index in [0.29, 0.717) is 11.2 Å². The Morgan fingerprint density at radius 2 is 2.10 bits per heavy atom. The molecule has 6 nitrogen and oxygen atoms in total. The Bertz CT molecular complexity index is 453. The first-order valence-corrected chi connectivity index (χ1v) is 6.68. The van der Waals surface area contributed by atoms with Crippen molar-refractivity contribution in [2.75, 3.05) is 27.2 Å². The highest BCUT2D eigenvalue weighted by atomic mass is 79.9. The number of nitrogens with zero attached hydrogens (tertiary/aromatic N) is 1. The average molecular weight is 369 g/mol. The van der Waals surface area contributed by atoms with Crippen LogP contribution in [0.2, 0.25) is 0 Å². The van der Waals surface area contributed by atoms with E-state index in [1.165, 1.54) is 4.90 Å². The third-order valence-corrected chi connectivity index (χ3v) is 3.04. The molecule has 8 heteroatoms. The van der Waals surface area contributed by atoms with Crippen molar-refractivity contribution in [3.63, 3.8) is 0 Å². The maximum atomic E-state index is 11.9. The van der Waals surface area contributed by atoms with Crippen molar-refractivity contribution < 1.29 is 14.0 Å². The molecule has 0 spiro atoms. The monoisotopic (exact) mass is 367 g/mol. The van der Waals surface area contributed by atoms with Crippen molar-refractivity contribution in [1.82, 2.24) is 15.5 Å². The van der Waals surface area contributed by atoms with Gasteiger partial charge >= 0.3 is 0 Å². The molecule has 0 fully saturated rings. The minimum atomic E-state index is -0.331. The van der Waals surface area contributed by atoms with Crippen molar-refractivity contribution in [2.24, 2.45) is 0 Å². The molecule has 114 valence electrons. The fourth-order valence-electron chi connectivity index (χ4n) is 1.33. The predicted molar refractivity (Wildman–Crippen MR) is 82.1 cm³/mol. The summed E-state index contributed by atoms with van der Waals surface area (Å²) in [6.45, 7) is 2.47. The number of halogens is 2. The van der Waals surface area contributed by atoms with E-state index in [-0.39, 0.29) is 42.6 Å². The summed E-state index contributed by atoms with van der Waals surface area (Å²) >= 11 is 3.13. The minimum Gasteiger partial charge on any atom is -0.444 e. The third-order valence-electron chi connectivity index (χ3n) is 2.61. The molecule has 1 rings (SSSR count). The van der Waals surface area contributed by atoms with Crippen LogP contribution in [0.5, 0.6) is 0 Å². The van der Waals surface area contributed by atoms with E-state index in [1.807, 2.05) is 14.0 Å². The van der Waals surface area contributed by atoms with Gasteiger partial charge in [-0.3, -0.25) is 9.59 Å². The van der Waals surface area contributed by atoms with Crippen LogP contribution in [0.15, 0.2) is 21.2 Å². The first kappa shape index (κ1) is 18.9. The predicted octanol–water partition coefficient (Wildman–Crippen LogP) is 1.26. The Morgan fingerprint density at radius 3 is 2.60 bits per heavy atom. The van der Waals surface area contributed by atoms with Gasteiger partial charge in [0.15, 0.2) is 10.4 Å². The molecule has 1 atom stereocenters. The summed E-state index contributed by atoms with van der Waals surface area (Å²) in [5.74, 6) is -0.336. The number of furan rings is 1. The van der Waals surface area contributed by atoms with E-state index in [4.69, 9.17) is 4.42 Å². The number of nitrogens with one attached hydrogen (secondary N) is 2. The van der Waals surface area contributed by atoms with Gasteiger partial charge in [0.05, 0.1) is 6.54 Å². The second-order valence-corrected chi connectivity index (χ2v) is 5.04. The summed E-state index contributed by atoms with van der Waals surface area (Å²) in [6.07, 6.45) is 0. The van der Waals surface area contributed by atoms with Crippen LogP contribution in [0.3, 0.4) is 0 Å². The number of amides is 2. The average Bonchev–Trinajstić information content (AvgIpc) is 2.81. The largest absolute Gasteiger partial charge is 0.444 e. The first-order chi connectivity index (χ1) is 8.93. The fourth-order valence-corrected chi connectivity index (χ4v) is 1.64. The van der Waals surface area contributed by atoms with Crippen LogP contribution in [0.25, 0.3) is 0 Å². The summed E-state index contributed by atoms with van der Waals surface area (Å²) in [5.41, 5.74) is 0. The van der Waals surface area contributed by atoms with Crippen molar-refractivity contribution in [3.05, 3.63) is 22.6 Å². The number of likely N-dealkylation sites (N-methyl/N-ethyl adjacent to an activating group) is 2. The van der Waals surface area contributed by atoms with Gasteiger partial charge in [0.2, 0.25) is 5.91 Å². The van der Waals surface area contributed by atoms with Gasteiger partial charge in [-0.15, -0.1) is 12.4 Å². The molecule has 0 saturated heterocycles. The van der Waals surface area contributed by atoms with Crippen LogP contribution in [0, 0.1) is 0 Å². The van der Waals surface area contributed by atoms with Gasteiger partial charge in [0.1, 0.15) is 0 Å². The lowest BCUT2D eigenvalue weighted by molar-refractivity contribution is -0.121. The standard InChI is InChI=1S/C12H18BrN3O3.ClH/c1-8(14-2)6-15-11(17)7-16(3)12(18)9-4-5-10(13)19-9;/h4-5,8,14H,6-7H2,1-3H3,(H,15,17);1H. The normalized spacial score (nSPS) is 11.4. The van der Waals surface area contributed by atoms with E-state index in [0.717, 1.165) is 0 Å². The van der Waals surface area contributed by atoms with Gasteiger partial charge in [-0.1, -0.05) is 0 Å². The van der Waals surface area contributed by atoms with Crippen molar-refractivity contribution in [3.8, 4) is 0 Å². The molecule has 0 radical (unpaired) electrons. The second kappa shape index (κ2) is 8.99. The quantitative estimate of drug-likeness (QED) is 0.793. The molecule has 2 amide bonds. The van der Waals surface area contributed by atoms with Gasteiger partial charge in [-0.05, 0) is 42.0 Å². The maximum absolute atomic E-state index is 11.9. The van der Waals surface area contributed by atoms with E-state index in [9.17, 15) is 9.59 Å². The summed E-state index contributed by atoms with van der Waals surface area (Å²) in [6, 6.07) is 3.38. The molecule has 1 heterocycles. The van der Waals surface area contributed by atoms with Crippen LogP contribution in [-0.2, 0) is 4.79 Å². The number of carbonyl (C=O) groups excluding carboxylic acids is 2. The summed E-state index contributed by atoms with van der Waals surface area (Å²) in [4.78, 5) is 24.9. The van der Waals surface area contributed by atoms with Gasteiger partial charge < -0.3 is 20.0 Å². The van der Waals surface area contributed by atoms with Crippen LogP contribution in [0.1, 0.15) is 17.5 Å². The second-order valence-electron chi connectivity index (χ2n) is 4.26. The Kier molecular flexibility index (Phi) is 8.52. The molecule has 0 aliphatic carbocycles. The molecule has 1 aromatic heterocycles. The van der Waals surface area contributed by atoms with E-state index in [1.54, 1.807) is 19.2 Å². The van der Waals surface area contributed by atoms with E-state index >= 15 is 0 Å². The summed E-state index contributed by atoms with van der Waals surface area (Å²) in [7, 11) is 3.38. The molecular weight excluding hydrogens is 350 g/mol. The van der Waals surface area contributed by atoms with Crippen LogP contribution in [-0.4, -0.2) is 49.9 Å². The van der Waals surface area contributed by atoms with Gasteiger partial charge in [0, 0.05) is 19.6 Å². The third kappa shape index (κ3) is 5.94. The smallest absolute Gasteiger partial charge is 0.289 e. The van der Waals surface area contributed by atoms with E-state index < -0.39 is 0 Å². The summed E-state index contributed by atoms with van der Waals surface area (Å²) in [5, 5.41) is 5.75. The molecule has 2 N–H and O–H groups in total. The minimum absolute atomic E-state index is 0. The Labute approximate surface area is 132 Å². The number of hydrogen-bond donors (Lipinski definition) is 2. The topological polar surface area (TPSA) is 74.6 Å². The molecule has 0 bridgehead atoms. The summed E-state index contributed by atoms with van der Waals surface area (Å²) < 4.78 is 5.63. The molecule has 20 heavy (non-hydrogen) atoms. The SMILES string of the molecule is CNC(C)CNC(=O)CN(C)C(=O)c1ccc(Br)o1.Cl. The fraction of sp³-hybridized carbons (Fsp3) is 0.500. The molecule has 0 saturated carbocycles. The lowest BCUT2D eigenvalue weighted by Gasteiger charge is -2.16. The zero-order valence-electron chi connectivity index (χ0n) is 11.6. The zero-order chi connectivity index (χ0) is 14.4. The molecular formula is C12H19BrClN3O3. The first-order valence-electron chi connectivity index (χ1n) is 5.88. The van der Waals surface area contributed by atoms with Crippen molar-refractivity contribution in [2.45, 2.75) is 13.0 Å². The maximum Gasteiger partial charge on any atom is 0.289 e. The molecule has 0 aliphatic rings. The highest BCUT2D eigenvalue weighted by Gasteiger charge is 2.18. The van der Waals surface area contributed by atoms with Crippen LogP contribution < -0.4 is 10.6 Å². The zero-order valence-corrected chi connectivity index (χ0v) is 14.0. The van der Waals surface area contributed by atoms with Crippen molar-refractivity contribution in [1.29, 1.82) is 0 Å².